The van der Waals surface area contributed by atoms with Crippen molar-refractivity contribution in [3.8, 4) is 5.88 Å². The SMILES string of the molecule is COc1ccnc(N2CCN(S(=O)(=O)C3CCCC3)CC2)n1. The molecule has 0 radical (unpaired) electrons. The second kappa shape index (κ2) is 6.37. The highest BCUT2D eigenvalue weighted by atomic mass is 32.2. The van der Waals surface area contributed by atoms with Gasteiger partial charge in [-0.2, -0.15) is 9.29 Å². The van der Waals surface area contributed by atoms with Crippen LogP contribution in [0.1, 0.15) is 25.7 Å². The van der Waals surface area contributed by atoms with Crippen LogP contribution in [0.5, 0.6) is 5.88 Å². The molecule has 1 saturated heterocycles. The average molecular weight is 326 g/mol. The maximum atomic E-state index is 12.6. The molecule has 1 aromatic rings. The van der Waals surface area contributed by atoms with Gasteiger partial charge in [0.1, 0.15) is 0 Å². The maximum Gasteiger partial charge on any atom is 0.228 e. The number of methoxy groups -OCH3 is 1. The molecule has 22 heavy (non-hydrogen) atoms. The fourth-order valence-corrected chi connectivity index (χ4v) is 5.16. The van der Waals surface area contributed by atoms with E-state index in [0.29, 0.717) is 38.0 Å². The number of hydrogen-bond acceptors (Lipinski definition) is 6. The Bertz CT molecular complexity index is 608. The van der Waals surface area contributed by atoms with Crippen molar-refractivity contribution < 1.29 is 13.2 Å². The molecule has 7 nitrogen and oxygen atoms in total. The van der Waals surface area contributed by atoms with Gasteiger partial charge in [0, 0.05) is 38.4 Å². The molecule has 0 aromatic carbocycles. The lowest BCUT2D eigenvalue weighted by molar-refractivity contribution is 0.372. The molecule has 122 valence electrons. The second-order valence-electron chi connectivity index (χ2n) is 5.74. The van der Waals surface area contributed by atoms with Crippen LogP contribution in [-0.2, 0) is 10.0 Å². The van der Waals surface area contributed by atoms with E-state index < -0.39 is 10.0 Å². The van der Waals surface area contributed by atoms with Gasteiger partial charge < -0.3 is 9.64 Å². The van der Waals surface area contributed by atoms with E-state index in [1.165, 1.54) is 0 Å². The zero-order chi connectivity index (χ0) is 15.6. The van der Waals surface area contributed by atoms with Crippen LogP contribution in [0.25, 0.3) is 0 Å². The fraction of sp³-hybridized carbons (Fsp3) is 0.714. The number of aromatic nitrogens is 2. The van der Waals surface area contributed by atoms with Crippen molar-refractivity contribution in [2.45, 2.75) is 30.9 Å². The number of rotatable bonds is 4. The number of piperazine rings is 1. The fourth-order valence-electron chi connectivity index (χ4n) is 3.14. The number of hydrogen-bond donors (Lipinski definition) is 0. The van der Waals surface area contributed by atoms with Crippen LogP contribution >= 0.6 is 0 Å². The minimum atomic E-state index is -3.14. The van der Waals surface area contributed by atoms with E-state index in [9.17, 15) is 8.42 Å². The summed E-state index contributed by atoms with van der Waals surface area (Å²) >= 11 is 0. The first-order valence-electron chi connectivity index (χ1n) is 7.72. The summed E-state index contributed by atoms with van der Waals surface area (Å²) in [7, 11) is -1.57. The van der Waals surface area contributed by atoms with Gasteiger partial charge in [-0.1, -0.05) is 12.8 Å². The Balaban J connectivity index is 1.64. The largest absolute Gasteiger partial charge is 0.481 e. The molecule has 0 N–H and O–H groups in total. The average Bonchev–Trinajstić information content (AvgIpc) is 3.10. The van der Waals surface area contributed by atoms with Gasteiger partial charge in [-0.15, -0.1) is 0 Å². The molecular weight excluding hydrogens is 304 g/mol. The van der Waals surface area contributed by atoms with E-state index >= 15 is 0 Å². The van der Waals surface area contributed by atoms with Gasteiger partial charge >= 0.3 is 0 Å². The Hall–Kier alpha value is -1.41. The Labute approximate surface area is 131 Å². The molecule has 1 aliphatic carbocycles. The van der Waals surface area contributed by atoms with Gasteiger partial charge in [-0.3, -0.25) is 0 Å². The molecule has 1 aliphatic heterocycles. The smallest absolute Gasteiger partial charge is 0.228 e. The van der Waals surface area contributed by atoms with Gasteiger partial charge in [-0.05, 0) is 12.8 Å². The van der Waals surface area contributed by atoms with Gasteiger partial charge in [0.25, 0.3) is 0 Å². The van der Waals surface area contributed by atoms with E-state index in [4.69, 9.17) is 4.74 Å². The lowest BCUT2D eigenvalue weighted by Gasteiger charge is -2.35. The van der Waals surface area contributed by atoms with Crippen LogP contribution in [0.2, 0.25) is 0 Å². The summed E-state index contributed by atoms with van der Waals surface area (Å²) in [6, 6.07) is 1.70. The van der Waals surface area contributed by atoms with Crippen LogP contribution in [-0.4, -0.2) is 61.2 Å². The molecule has 2 heterocycles. The minimum Gasteiger partial charge on any atom is -0.481 e. The zero-order valence-electron chi connectivity index (χ0n) is 12.8. The summed E-state index contributed by atoms with van der Waals surface area (Å²) in [5, 5.41) is -0.174. The molecular formula is C14H22N4O3S. The summed E-state index contributed by atoms with van der Waals surface area (Å²) in [6.07, 6.45) is 5.33. The summed E-state index contributed by atoms with van der Waals surface area (Å²) < 4.78 is 31.9. The molecule has 1 saturated carbocycles. The van der Waals surface area contributed by atoms with E-state index in [-0.39, 0.29) is 5.25 Å². The third kappa shape index (κ3) is 3.03. The quantitative estimate of drug-likeness (QED) is 0.817. The minimum absolute atomic E-state index is 0.174. The number of nitrogens with zero attached hydrogens (tertiary/aromatic N) is 4. The maximum absolute atomic E-state index is 12.6. The Morgan fingerprint density at radius 3 is 2.50 bits per heavy atom. The normalized spacial score (nSPS) is 21.2. The summed E-state index contributed by atoms with van der Waals surface area (Å²) in [6.45, 7) is 2.22. The molecule has 0 spiro atoms. The van der Waals surface area contributed by atoms with Crippen molar-refractivity contribution in [2.24, 2.45) is 0 Å². The number of anilines is 1. The predicted octanol–water partition coefficient (Wildman–Crippen LogP) is 0.880. The van der Waals surface area contributed by atoms with Crippen LogP contribution in [0, 0.1) is 0 Å². The van der Waals surface area contributed by atoms with E-state index in [1.807, 2.05) is 4.90 Å². The van der Waals surface area contributed by atoms with Crippen LogP contribution in [0.3, 0.4) is 0 Å². The third-order valence-corrected chi connectivity index (χ3v) is 6.83. The summed E-state index contributed by atoms with van der Waals surface area (Å²) in [5.74, 6) is 1.11. The van der Waals surface area contributed by atoms with Crippen molar-refractivity contribution >= 4 is 16.0 Å². The van der Waals surface area contributed by atoms with Gasteiger partial charge in [0.15, 0.2) is 0 Å². The lowest BCUT2D eigenvalue weighted by atomic mass is 10.4. The molecule has 0 bridgehead atoms. The molecule has 2 aliphatic rings. The first kappa shape index (κ1) is 15.5. The third-order valence-electron chi connectivity index (χ3n) is 4.43. The second-order valence-corrected chi connectivity index (χ2v) is 7.95. The Morgan fingerprint density at radius 2 is 1.86 bits per heavy atom. The van der Waals surface area contributed by atoms with Crippen molar-refractivity contribution in [1.29, 1.82) is 0 Å². The molecule has 3 rings (SSSR count). The predicted molar refractivity (Wildman–Crippen MR) is 83.5 cm³/mol. The van der Waals surface area contributed by atoms with E-state index in [1.54, 1.807) is 23.7 Å². The van der Waals surface area contributed by atoms with Crippen LogP contribution < -0.4 is 9.64 Å². The van der Waals surface area contributed by atoms with Crippen LogP contribution in [0.15, 0.2) is 12.3 Å². The standard InChI is InChI=1S/C14H22N4O3S/c1-21-13-6-7-15-14(16-13)17-8-10-18(11-9-17)22(19,20)12-4-2-3-5-12/h6-7,12H,2-5,8-11H2,1H3. The lowest BCUT2D eigenvalue weighted by Crippen LogP contribution is -2.51. The highest BCUT2D eigenvalue weighted by Crippen LogP contribution is 2.28. The molecule has 8 heteroatoms. The molecule has 0 atom stereocenters. The Morgan fingerprint density at radius 1 is 1.18 bits per heavy atom. The van der Waals surface area contributed by atoms with Crippen molar-refractivity contribution in [2.75, 3.05) is 38.2 Å². The zero-order valence-corrected chi connectivity index (χ0v) is 13.6. The van der Waals surface area contributed by atoms with Crippen molar-refractivity contribution in [3.05, 3.63) is 12.3 Å². The highest BCUT2D eigenvalue weighted by molar-refractivity contribution is 7.89. The van der Waals surface area contributed by atoms with Gasteiger partial charge in [0.05, 0.1) is 12.4 Å². The van der Waals surface area contributed by atoms with Gasteiger partial charge in [0.2, 0.25) is 21.9 Å². The Kier molecular flexibility index (Phi) is 4.49. The first-order chi connectivity index (χ1) is 10.6. The van der Waals surface area contributed by atoms with Crippen molar-refractivity contribution in [3.63, 3.8) is 0 Å². The summed E-state index contributed by atoms with van der Waals surface area (Å²) in [4.78, 5) is 10.5. The van der Waals surface area contributed by atoms with Crippen LogP contribution in [0.4, 0.5) is 5.95 Å². The molecule has 0 unspecified atom stereocenters. The highest BCUT2D eigenvalue weighted by Gasteiger charge is 2.36. The molecule has 2 fully saturated rings. The summed E-state index contributed by atoms with van der Waals surface area (Å²) in [5.41, 5.74) is 0. The topological polar surface area (TPSA) is 75.6 Å². The van der Waals surface area contributed by atoms with E-state index in [0.717, 1.165) is 25.7 Å². The molecule has 0 amide bonds. The first-order valence-corrected chi connectivity index (χ1v) is 9.22. The van der Waals surface area contributed by atoms with E-state index in [2.05, 4.69) is 9.97 Å². The molecule has 1 aromatic heterocycles. The number of sulfonamides is 1. The monoisotopic (exact) mass is 326 g/mol. The van der Waals surface area contributed by atoms with Crippen molar-refractivity contribution in [1.82, 2.24) is 14.3 Å². The number of ether oxygens (including phenoxy) is 1. The van der Waals surface area contributed by atoms with Gasteiger partial charge in [-0.25, -0.2) is 13.4 Å².